The second-order valence-corrected chi connectivity index (χ2v) is 16.8. The molecular weight excluding hydrogens is 755 g/mol. The predicted octanol–water partition coefficient (Wildman–Crippen LogP) is 15.2. The highest BCUT2D eigenvalue weighted by Crippen LogP contribution is 2.49. The van der Waals surface area contributed by atoms with E-state index in [1.54, 1.807) is 0 Å². The molecule has 4 heteroatoms. The molecule has 292 valence electrons. The molecule has 0 spiro atoms. The van der Waals surface area contributed by atoms with Crippen LogP contribution < -0.4 is 0 Å². The van der Waals surface area contributed by atoms with Gasteiger partial charge in [0, 0.05) is 32.9 Å². The number of nitrogens with zero attached hydrogens (tertiary/aromatic N) is 3. The van der Waals surface area contributed by atoms with E-state index in [2.05, 4.69) is 202 Å². The molecule has 2 aromatic heterocycles. The lowest BCUT2D eigenvalue weighted by Crippen LogP contribution is -2.14. The average molecular weight is 794 g/mol. The van der Waals surface area contributed by atoms with Gasteiger partial charge in [0.1, 0.15) is 11.2 Å². The van der Waals surface area contributed by atoms with Gasteiger partial charge in [-0.25, -0.2) is 15.0 Å². The predicted molar refractivity (Wildman–Crippen MR) is 255 cm³/mol. The lowest BCUT2D eigenvalue weighted by atomic mass is 9.81. The minimum absolute atomic E-state index is 0.0892. The standard InChI is InChI=1S/C58H39N3O/c1-58(2)50-20-9-8-18-47(50)48-30-28-42(34-51(48)58)41-16-10-17-43(33-41)55-59-56(44-27-24-37-14-6-7-15-40(37)32-44)61-57(60-55)45-29-31-49-53(35-45)62-52-21-11-19-46(54(49)52)39-25-22-38(23-26-39)36-12-4-3-5-13-36/h3-35H,1-2H3. The van der Waals surface area contributed by atoms with Crippen LogP contribution in [0.15, 0.2) is 205 Å². The molecule has 0 atom stereocenters. The van der Waals surface area contributed by atoms with E-state index in [4.69, 9.17) is 19.4 Å². The maximum absolute atomic E-state index is 6.61. The summed E-state index contributed by atoms with van der Waals surface area (Å²) in [6.45, 7) is 4.65. The third-order valence-corrected chi connectivity index (χ3v) is 12.7. The fraction of sp³-hybridized carbons (Fsp3) is 0.0517. The molecule has 0 radical (unpaired) electrons. The minimum Gasteiger partial charge on any atom is -0.456 e. The summed E-state index contributed by atoms with van der Waals surface area (Å²) < 4.78 is 6.61. The number of aromatic nitrogens is 3. The largest absolute Gasteiger partial charge is 0.456 e. The molecule has 0 saturated heterocycles. The number of benzene rings is 9. The van der Waals surface area contributed by atoms with Crippen molar-refractivity contribution in [1.82, 2.24) is 15.0 Å². The first kappa shape index (κ1) is 35.9. The van der Waals surface area contributed by atoms with Crippen LogP contribution in [-0.4, -0.2) is 15.0 Å². The van der Waals surface area contributed by atoms with Crippen molar-refractivity contribution in [2.45, 2.75) is 19.3 Å². The maximum Gasteiger partial charge on any atom is 0.164 e. The van der Waals surface area contributed by atoms with E-state index in [-0.39, 0.29) is 5.41 Å². The van der Waals surface area contributed by atoms with Gasteiger partial charge in [-0.3, -0.25) is 0 Å². The Morgan fingerprint density at radius 1 is 0.339 bits per heavy atom. The van der Waals surface area contributed by atoms with E-state index < -0.39 is 0 Å². The Morgan fingerprint density at radius 3 is 1.71 bits per heavy atom. The topological polar surface area (TPSA) is 51.8 Å². The Balaban J connectivity index is 0.964. The third-order valence-electron chi connectivity index (χ3n) is 12.7. The fourth-order valence-electron chi connectivity index (χ4n) is 9.49. The number of furan rings is 1. The Labute approximate surface area is 359 Å². The number of rotatable bonds is 6. The normalized spacial score (nSPS) is 12.8. The first-order valence-corrected chi connectivity index (χ1v) is 21.2. The summed E-state index contributed by atoms with van der Waals surface area (Å²) in [6, 6.07) is 70.9. The molecule has 11 aromatic rings. The zero-order chi connectivity index (χ0) is 41.4. The molecule has 1 aliphatic rings. The summed E-state index contributed by atoms with van der Waals surface area (Å²) >= 11 is 0. The third kappa shape index (κ3) is 5.95. The first-order valence-electron chi connectivity index (χ1n) is 21.2. The fourth-order valence-corrected chi connectivity index (χ4v) is 9.49. The van der Waals surface area contributed by atoms with Gasteiger partial charge in [0.05, 0.1) is 0 Å². The van der Waals surface area contributed by atoms with Gasteiger partial charge >= 0.3 is 0 Å². The van der Waals surface area contributed by atoms with Gasteiger partial charge in [0.15, 0.2) is 17.5 Å². The zero-order valence-corrected chi connectivity index (χ0v) is 34.3. The van der Waals surface area contributed by atoms with E-state index >= 15 is 0 Å². The van der Waals surface area contributed by atoms with Crippen LogP contribution in [0.25, 0.3) is 111 Å². The van der Waals surface area contributed by atoms with Crippen LogP contribution >= 0.6 is 0 Å². The van der Waals surface area contributed by atoms with Crippen LogP contribution in [0.5, 0.6) is 0 Å². The molecule has 0 aliphatic heterocycles. The molecule has 0 saturated carbocycles. The highest BCUT2D eigenvalue weighted by Gasteiger charge is 2.35. The van der Waals surface area contributed by atoms with E-state index in [9.17, 15) is 0 Å². The van der Waals surface area contributed by atoms with E-state index in [0.29, 0.717) is 17.5 Å². The smallest absolute Gasteiger partial charge is 0.164 e. The van der Waals surface area contributed by atoms with E-state index in [1.807, 2.05) is 12.1 Å². The summed E-state index contributed by atoms with van der Waals surface area (Å²) in [5.74, 6) is 1.81. The van der Waals surface area contributed by atoms with Crippen LogP contribution in [0, 0.1) is 0 Å². The molecule has 12 rings (SSSR count). The molecule has 4 nitrogen and oxygen atoms in total. The van der Waals surface area contributed by atoms with Crippen molar-refractivity contribution in [3.63, 3.8) is 0 Å². The lowest BCUT2D eigenvalue weighted by Gasteiger charge is -2.22. The SMILES string of the molecule is CC1(C)c2ccccc2-c2ccc(-c3cccc(-c4nc(-c5ccc6ccccc6c5)nc(-c5ccc6c(c5)oc5cccc(-c7ccc(-c8ccccc8)cc7)c56)n4)c3)cc21. The van der Waals surface area contributed by atoms with Crippen LogP contribution in [0.3, 0.4) is 0 Å². The monoisotopic (exact) mass is 793 g/mol. The summed E-state index contributed by atoms with van der Waals surface area (Å²) in [5.41, 5.74) is 16.5. The van der Waals surface area contributed by atoms with Crippen LogP contribution in [0.2, 0.25) is 0 Å². The summed E-state index contributed by atoms with van der Waals surface area (Å²) in [4.78, 5) is 15.5. The lowest BCUT2D eigenvalue weighted by molar-refractivity contribution is 0.660. The van der Waals surface area contributed by atoms with Crippen molar-refractivity contribution in [3.05, 3.63) is 211 Å². The average Bonchev–Trinajstić information content (AvgIpc) is 3.82. The van der Waals surface area contributed by atoms with Crippen molar-refractivity contribution in [2.24, 2.45) is 0 Å². The van der Waals surface area contributed by atoms with Crippen molar-refractivity contribution in [3.8, 4) is 78.7 Å². The maximum atomic E-state index is 6.61. The molecule has 2 heterocycles. The highest BCUT2D eigenvalue weighted by atomic mass is 16.3. The number of hydrogen-bond donors (Lipinski definition) is 0. The van der Waals surface area contributed by atoms with Crippen molar-refractivity contribution in [2.75, 3.05) is 0 Å². The van der Waals surface area contributed by atoms with Gasteiger partial charge in [-0.05, 0) is 103 Å². The van der Waals surface area contributed by atoms with Gasteiger partial charge in [0.2, 0.25) is 0 Å². The van der Waals surface area contributed by atoms with Gasteiger partial charge in [-0.2, -0.15) is 0 Å². The molecule has 1 aliphatic carbocycles. The van der Waals surface area contributed by atoms with Crippen LogP contribution in [0.4, 0.5) is 0 Å². The molecule has 0 amide bonds. The minimum atomic E-state index is -0.0892. The molecule has 9 aromatic carbocycles. The van der Waals surface area contributed by atoms with Gasteiger partial charge in [0.25, 0.3) is 0 Å². The van der Waals surface area contributed by atoms with E-state index in [0.717, 1.165) is 66.3 Å². The second kappa shape index (κ2) is 14.1. The second-order valence-electron chi connectivity index (χ2n) is 16.8. The van der Waals surface area contributed by atoms with E-state index in [1.165, 1.54) is 38.8 Å². The number of fused-ring (bicyclic) bond motifs is 7. The van der Waals surface area contributed by atoms with Gasteiger partial charge < -0.3 is 4.42 Å². The van der Waals surface area contributed by atoms with Crippen molar-refractivity contribution in [1.29, 1.82) is 0 Å². The van der Waals surface area contributed by atoms with Crippen LogP contribution in [0.1, 0.15) is 25.0 Å². The van der Waals surface area contributed by atoms with Crippen LogP contribution in [-0.2, 0) is 5.41 Å². The van der Waals surface area contributed by atoms with Crippen molar-refractivity contribution >= 4 is 32.7 Å². The summed E-state index contributed by atoms with van der Waals surface area (Å²) in [6.07, 6.45) is 0. The number of hydrogen-bond acceptors (Lipinski definition) is 4. The molecule has 0 N–H and O–H groups in total. The van der Waals surface area contributed by atoms with Gasteiger partial charge in [-0.1, -0.05) is 178 Å². The van der Waals surface area contributed by atoms with Crippen molar-refractivity contribution < 1.29 is 4.42 Å². The molecule has 0 bridgehead atoms. The molecular formula is C58H39N3O. The Kier molecular flexibility index (Phi) is 8.16. The Bertz CT molecular complexity index is 3550. The summed E-state index contributed by atoms with van der Waals surface area (Å²) in [7, 11) is 0. The molecule has 0 fully saturated rings. The molecule has 0 unspecified atom stereocenters. The molecule has 62 heavy (non-hydrogen) atoms. The summed E-state index contributed by atoms with van der Waals surface area (Å²) in [5, 5.41) is 4.43. The first-order chi connectivity index (χ1) is 30.4. The Hall–Kier alpha value is -7.95. The van der Waals surface area contributed by atoms with Gasteiger partial charge in [-0.15, -0.1) is 0 Å². The quantitative estimate of drug-likeness (QED) is 0.168. The Morgan fingerprint density at radius 2 is 0.887 bits per heavy atom. The zero-order valence-electron chi connectivity index (χ0n) is 34.3. The highest BCUT2D eigenvalue weighted by molar-refractivity contribution is 6.13.